The lowest BCUT2D eigenvalue weighted by molar-refractivity contribution is -0.385. The monoisotopic (exact) mass is 427 g/mol. The van der Waals surface area contributed by atoms with Gasteiger partial charge >= 0.3 is 0 Å². The van der Waals surface area contributed by atoms with Gasteiger partial charge in [-0.15, -0.1) is 0 Å². The molecule has 11 heteroatoms. The Balaban J connectivity index is 1.49. The quantitative estimate of drug-likeness (QED) is 0.500. The standard InChI is InChI=1S/C19H17N5O5S/c1-10-3-4-12(8-15(10)24(27)28)18(26)23-6-5-13-16(9-23)30-19(20-13)21-17(25)14-7-11(2)29-22-14/h3-4,7-8H,5-6,9H2,1-2H3,(H,20,21,25). The smallest absolute Gasteiger partial charge is 0.279 e. The minimum atomic E-state index is -0.491. The van der Waals surface area contributed by atoms with Gasteiger partial charge in [0.25, 0.3) is 17.5 Å². The van der Waals surface area contributed by atoms with Gasteiger partial charge < -0.3 is 9.42 Å². The Morgan fingerprint density at radius 2 is 2.10 bits per heavy atom. The summed E-state index contributed by atoms with van der Waals surface area (Å²) >= 11 is 1.29. The lowest BCUT2D eigenvalue weighted by atomic mass is 10.1. The summed E-state index contributed by atoms with van der Waals surface area (Å²) in [6, 6.07) is 6.01. The van der Waals surface area contributed by atoms with E-state index in [1.54, 1.807) is 30.9 Å². The highest BCUT2D eigenvalue weighted by Crippen LogP contribution is 2.30. The highest BCUT2D eigenvalue weighted by molar-refractivity contribution is 7.15. The van der Waals surface area contributed by atoms with E-state index in [1.165, 1.54) is 23.5 Å². The third kappa shape index (κ3) is 3.79. The molecule has 1 aliphatic rings. The molecule has 0 saturated heterocycles. The number of nitrogens with zero attached hydrogens (tertiary/aromatic N) is 4. The van der Waals surface area contributed by atoms with E-state index in [0.29, 0.717) is 36.0 Å². The molecule has 0 unspecified atom stereocenters. The molecule has 3 aromatic rings. The van der Waals surface area contributed by atoms with Crippen LogP contribution in [0.5, 0.6) is 0 Å². The van der Waals surface area contributed by atoms with Crippen LogP contribution < -0.4 is 5.32 Å². The van der Waals surface area contributed by atoms with E-state index < -0.39 is 10.8 Å². The number of rotatable bonds is 4. The van der Waals surface area contributed by atoms with Crippen LogP contribution in [-0.2, 0) is 13.0 Å². The van der Waals surface area contributed by atoms with Crippen LogP contribution in [0.4, 0.5) is 10.8 Å². The molecule has 0 aliphatic carbocycles. The second-order valence-corrected chi connectivity index (χ2v) is 7.98. The maximum absolute atomic E-state index is 12.9. The molecule has 154 valence electrons. The van der Waals surface area contributed by atoms with Crippen LogP contribution >= 0.6 is 11.3 Å². The molecule has 2 amide bonds. The summed E-state index contributed by atoms with van der Waals surface area (Å²) in [5.74, 6) is -0.164. The van der Waals surface area contributed by atoms with Gasteiger partial charge in [0.1, 0.15) is 5.76 Å². The average molecular weight is 427 g/mol. The molecule has 1 N–H and O–H groups in total. The third-order valence-electron chi connectivity index (χ3n) is 4.75. The molecular formula is C19H17N5O5S. The number of nitro groups is 1. The number of amides is 2. The Labute approximate surface area is 174 Å². The summed E-state index contributed by atoms with van der Waals surface area (Å²) in [6.45, 7) is 4.09. The first-order valence-corrected chi connectivity index (χ1v) is 9.91. The molecule has 1 aliphatic heterocycles. The van der Waals surface area contributed by atoms with Crippen molar-refractivity contribution in [3.63, 3.8) is 0 Å². The second-order valence-electron chi connectivity index (χ2n) is 6.90. The first-order chi connectivity index (χ1) is 14.3. The van der Waals surface area contributed by atoms with Crippen molar-refractivity contribution in [1.82, 2.24) is 15.0 Å². The fraction of sp³-hybridized carbons (Fsp3) is 0.263. The Bertz CT molecular complexity index is 1170. The molecule has 0 fully saturated rings. The second kappa shape index (κ2) is 7.67. The van der Waals surface area contributed by atoms with Gasteiger partial charge in [-0.3, -0.25) is 25.0 Å². The summed E-state index contributed by atoms with van der Waals surface area (Å²) in [6.07, 6.45) is 0.532. The van der Waals surface area contributed by atoms with Crippen LogP contribution in [0.3, 0.4) is 0 Å². The van der Waals surface area contributed by atoms with E-state index in [4.69, 9.17) is 4.52 Å². The number of benzene rings is 1. The van der Waals surface area contributed by atoms with Gasteiger partial charge in [0.15, 0.2) is 10.8 Å². The molecule has 0 spiro atoms. The van der Waals surface area contributed by atoms with Crippen LogP contribution in [0.15, 0.2) is 28.8 Å². The van der Waals surface area contributed by atoms with E-state index >= 15 is 0 Å². The van der Waals surface area contributed by atoms with Crippen molar-refractivity contribution in [3.05, 3.63) is 67.5 Å². The number of anilines is 1. The van der Waals surface area contributed by atoms with E-state index in [-0.39, 0.29) is 22.9 Å². The van der Waals surface area contributed by atoms with Crippen LogP contribution in [-0.4, -0.2) is 38.3 Å². The normalized spacial score (nSPS) is 13.1. The topological polar surface area (TPSA) is 131 Å². The zero-order valence-corrected chi connectivity index (χ0v) is 17.0. The highest BCUT2D eigenvalue weighted by Gasteiger charge is 2.27. The molecule has 4 rings (SSSR count). The van der Waals surface area contributed by atoms with E-state index in [2.05, 4.69) is 15.5 Å². The number of hydrogen-bond donors (Lipinski definition) is 1. The predicted octanol–water partition coefficient (Wildman–Crippen LogP) is 3.11. The van der Waals surface area contributed by atoms with Crippen molar-refractivity contribution in [3.8, 4) is 0 Å². The summed E-state index contributed by atoms with van der Waals surface area (Å²) < 4.78 is 4.90. The van der Waals surface area contributed by atoms with E-state index in [1.807, 2.05) is 0 Å². The maximum atomic E-state index is 12.9. The molecule has 0 bridgehead atoms. The molecule has 2 aromatic heterocycles. The summed E-state index contributed by atoms with van der Waals surface area (Å²) in [5, 5.41) is 18.0. The Morgan fingerprint density at radius 1 is 1.30 bits per heavy atom. The largest absolute Gasteiger partial charge is 0.361 e. The molecule has 0 radical (unpaired) electrons. The average Bonchev–Trinajstić information content (AvgIpc) is 3.32. The van der Waals surface area contributed by atoms with Gasteiger partial charge in [0, 0.05) is 41.1 Å². The number of carbonyl (C=O) groups excluding carboxylic acids is 2. The van der Waals surface area contributed by atoms with E-state index in [9.17, 15) is 19.7 Å². The first-order valence-electron chi connectivity index (χ1n) is 9.09. The first kappa shape index (κ1) is 19.7. The molecule has 10 nitrogen and oxygen atoms in total. The fourth-order valence-corrected chi connectivity index (χ4v) is 4.20. The molecular weight excluding hydrogens is 410 g/mol. The Morgan fingerprint density at radius 3 is 2.80 bits per heavy atom. The number of aromatic nitrogens is 2. The summed E-state index contributed by atoms with van der Waals surface area (Å²) in [7, 11) is 0. The van der Waals surface area contributed by atoms with Gasteiger partial charge in [0.05, 0.1) is 17.2 Å². The third-order valence-corrected chi connectivity index (χ3v) is 5.75. The van der Waals surface area contributed by atoms with Crippen molar-refractivity contribution in [2.75, 3.05) is 11.9 Å². The van der Waals surface area contributed by atoms with Crippen LogP contribution in [0.25, 0.3) is 0 Å². The van der Waals surface area contributed by atoms with Crippen molar-refractivity contribution in [2.24, 2.45) is 0 Å². The number of carbonyl (C=O) groups is 2. The van der Waals surface area contributed by atoms with Gasteiger partial charge in [-0.25, -0.2) is 4.98 Å². The fourth-order valence-electron chi connectivity index (χ4n) is 3.18. The Hall–Kier alpha value is -3.60. The van der Waals surface area contributed by atoms with Crippen molar-refractivity contribution in [2.45, 2.75) is 26.8 Å². The number of fused-ring (bicyclic) bond motifs is 1. The molecule has 3 heterocycles. The predicted molar refractivity (Wildman–Crippen MR) is 108 cm³/mol. The lowest BCUT2D eigenvalue weighted by Crippen LogP contribution is -2.35. The molecule has 0 saturated carbocycles. The van der Waals surface area contributed by atoms with Gasteiger partial charge in [-0.1, -0.05) is 22.6 Å². The molecule has 1 aromatic carbocycles. The van der Waals surface area contributed by atoms with E-state index in [0.717, 1.165) is 10.6 Å². The van der Waals surface area contributed by atoms with Crippen LogP contribution in [0.2, 0.25) is 0 Å². The SMILES string of the molecule is Cc1cc(C(=O)Nc2nc3c(s2)CN(C(=O)c2ccc(C)c([N+](=O)[O-])c2)CC3)no1. The van der Waals surface area contributed by atoms with Crippen molar-refractivity contribution >= 4 is 34.0 Å². The van der Waals surface area contributed by atoms with Gasteiger partial charge in [-0.05, 0) is 19.9 Å². The summed E-state index contributed by atoms with van der Waals surface area (Å²) in [5.41, 5.74) is 1.69. The van der Waals surface area contributed by atoms with Crippen LogP contribution in [0.1, 0.15) is 42.7 Å². The number of aryl methyl sites for hydroxylation is 2. The zero-order valence-electron chi connectivity index (χ0n) is 16.2. The minimum Gasteiger partial charge on any atom is -0.361 e. The van der Waals surface area contributed by atoms with Crippen molar-refractivity contribution in [1.29, 1.82) is 0 Å². The Kier molecular flexibility index (Phi) is 5.04. The highest BCUT2D eigenvalue weighted by atomic mass is 32.1. The maximum Gasteiger partial charge on any atom is 0.279 e. The number of thiazole rings is 1. The number of nitro benzene ring substituents is 1. The number of nitrogens with one attached hydrogen (secondary N) is 1. The molecule has 30 heavy (non-hydrogen) atoms. The lowest BCUT2D eigenvalue weighted by Gasteiger charge is -2.26. The summed E-state index contributed by atoms with van der Waals surface area (Å²) in [4.78, 5) is 42.7. The molecule has 0 atom stereocenters. The van der Waals surface area contributed by atoms with Crippen molar-refractivity contribution < 1.29 is 19.0 Å². The number of hydrogen-bond acceptors (Lipinski definition) is 8. The zero-order chi connectivity index (χ0) is 21.4. The van der Waals surface area contributed by atoms with Gasteiger partial charge in [-0.2, -0.15) is 0 Å². The van der Waals surface area contributed by atoms with Crippen LogP contribution in [0, 0.1) is 24.0 Å². The minimum absolute atomic E-state index is 0.0792. The van der Waals surface area contributed by atoms with Gasteiger partial charge in [0.2, 0.25) is 0 Å².